The Kier molecular flexibility index (Phi) is 4.81. The second kappa shape index (κ2) is 7.00. The van der Waals surface area contributed by atoms with E-state index in [2.05, 4.69) is 81.5 Å². The maximum Gasteiger partial charge on any atom is -0.0178 e. The van der Waals surface area contributed by atoms with Gasteiger partial charge in [0.15, 0.2) is 0 Å². The van der Waals surface area contributed by atoms with Crippen LogP contribution in [0.1, 0.15) is 55.7 Å². The molecular weight excluding hydrogens is 276 g/mol. The quantitative estimate of drug-likeness (QED) is 0.575. The molecule has 1 aliphatic carbocycles. The number of hydrogen-bond donors (Lipinski definition) is 0. The van der Waals surface area contributed by atoms with Gasteiger partial charge in [-0.05, 0) is 71.6 Å². The lowest BCUT2D eigenvalue weighted by molar-refractivity contribution is 0.734. The van der Waals surface area contributed by atoms with Crippen molar-refractivity contribution in [3.63, 3.8) is 0 Å². The molecule has 23 heavy (non-hydrogen) atoms. The average molecular weight is 302 g/mol. The van der Waals surface area contributed by atoms with Gasteiger partial charge in [0, 0.05) is 0 Å². The molecule has 0 fully saturated rings. The molecule has 0 nitrogen and oxygen atoms in total. The molecule has 2 aromatic rings. The Labute approximate surface area is 140 Å². The molecule has 2 aromatic carbocycles. The summed E-state index contributed by atoms with van der Waals surface area (Å²) in [7, 11) is 0. The van der Waals surface area contributed by atoms with Crippen LogP contribution < -0.4 is 0 Å². The molecule has 118 valence electrons. The van der Waals surface area contributed by atoms with E-state index in [-0.39, 0.29) is 0 Å². The lowest BCUT2D eigenvalue weighted by Gasteiger charge is -2.15. The molecule has 0 heterocycles. The fourth-order valence-corrected chi connectivity index (χ4v) is 3.21. The van der Waals surface area contributed by atoms with Crippen molar-refractivity contribution in [2.75, 3.05) is 0 Å². The third-order valence-electron chi connectivity index (χ3n) is 5.02. The van der Waals surface area contributed by atoms with Crippen LogP contribution >= 0.6 is 0 Å². The fraction of sp³-hybridized carbons (Fsp3) is 0.304. The first kappa shape index (κ1) is 15.8. The zero-order valence-corrected chi connectivity index (χ0v) is 14.5. The molecule has 1 atom stereocenters. The highest BCUT2D eigenvalue weighted by atomic mass is 14.1. The summed E-state index contributed by atoms with van der Waals surface area (Å²) in [4.78, 5) is 0. The topological polar surface area (TPSA) is 0 Å². The van der Waals surface area contributed by atoms with Crippen LogP contribution in [0.25, 0.3) is 16.7 Å². The first-order valence-corrected chi connectivity index (χ1v) is 8.76. The molecule has 0 heteroatoms. The van der Waals surface area contributed by atoms with Gasteiger partial charge >= 0.3 is 0 Å². The van der Waals surface area contributed by atoms with Gasteiger partial charge in [0.05, 0.1) is 0 Å². The van der Waals surface area contributed by atoms with Gasteiger partial charge in [-0.1, -0.05) is 68.5 Å². The molecule has 0 saturated carbocycles. The maximum absolute atomic E-state index is 2.36. The van der Waals surface area contributed by atoms with Crippen LogP contribution in [0.15, 0.2) is 60.7 Å². The highest BCUT2D eigenvalue weighted by molar-refractivity contribution is 5.76. The molecule has 3 rings (SSSR count). The molecule has 1 aliphatic rings. The van der Waals surface area contributed by atoms with E-state index in [9.17, 15) is 0 Å². The number of aryl methyl sites for hydroxylation is 1. The van der Waals surface area contributed by atoms with Crippen LogP contribution in [0.5, 0.6) is 0 Å². The van der Waals surface area contributed by atoms with E-state index >= 15 is 0 Å². The fourth-order valence-electron chi connectivity index (χ4n) is 3.21. The Bertz CT molecular complexity index is 729. The van der Waals surface area contributed by atoms with Crippen molar-refractivity contribution >= 4 is 5.57 Å². The summed E-state index contributed by atoms with van der Waals surface area (Å²) >= 11 is 0. The Morgan fingerprint density at radius 3 is 2.39 bits per heavy atom. The highest BCUT2D eigenvalue weighted by Crippen LogP contribution is 2.31. The van der Waals surface area contributed by atoms with Gasteiger partial charge in [-0.25, -0.2) is 0 Å². The summed E-state index contributed by atoms with van der Waals surface area (Å²) in [5.74, 6) is 0.636. The predicted molar refractivity (Wildman–Crippen MR) is 102 cm³/mol. The molecular formula is C23H26. The summed E-state index contributed by atoms with van der Waals surface area (Å²) in [6.45, 7) is 6.75. The molecule has 0 aromatic heterocycles. The largest absolute Gasteiger partial charge is 0.0842 e. The third kappa shape index (κ3) is 3.47. The average Bonchev–Trinajstić information content (AvgIpc) is 2.62. The van der Waals surface area contributed by atoms with Gasteiger partial charge in [0.25, 0.3) is 0 Å². The van der Waals surface area contributed by atoms with Crippen molar-refractivity contribution in [1.82, 2.24) is 0 Å². The number of rotatable bonds is 4. The zero-order chi connectivity index (χ0) is 16.2. The van der Waals surface area contributed by atoms with Crippen LogP contribution in [-0.4, -0.2) is 0 Å². The second-order valence-electron chi connectivity index (χ2n) is 6.62. The molecule has 0 radical (unpaired) electrons. The Morgan fingerprint density at radius 1 is 1.00 bits per heavy atom. The van der Waals surface area contributed by atoms with Gasteiger partial charge < -0.3 is 0 Å². The first-order valence-electron chi connectivity index (χ1n) is 8.76. The highest BCUT2D eigenvalue weighted by Gasteiger charge is 2.09. The van der Waals surface area contributed by atoms with Gasteiger partial charge in [-0.2, -0.15) is 0 Å². The number of benzene rings is 2. The van der Waals surface area contributed by atoms with Crippen molar-refractivity contribution in [1.29, 1.82) is 0 Å². The molecule has 0 saturated heterocycles. The van der Waals surface area contributed by atoms with Crippen LogP contribution in [-0.2, 0) is 0 Å². The normalized spacial score (nSPS) is 15.3. The summed E-state index contributed by atoms with van der Waals surface area (Å²) in [5, 5.41) is 0. The molecule has 0 spiro atoms. The van der Waals surface area contributed by atoms with Crippen molar-refractivity contribution in [2.24, 2.45) is 0 Å². The van der Waals surface area contributed by atoms with Crippen LogP contribution in [0.3, 0.4) is 0 Å². The minimum absolute atomic E-state index is 0.636. The smallest absolute Gasteiger partial charge is 0.0178 e. The van der Waals surface area contributed by atoms with E-state index < -0.39 is 0 Å². The first-order chi connectivity index (χ1) is 11.2. The van der Waals surface area contributed by atoms with Crippen LogP contribution in [0.2, 0.25) is 0 Å². The van der Waals surface area contributed by atoms with Crippen molar-refractivity contribution in [2.45, 2.75) is 46.0 Å². The summed E-state index contributed by atoms with van der Waals surface area (Å²) < 4.78 is 0. The van der Waals surface area contributed by atoms with Crippen molar-refractivity contribution in [3.05, 3.63) is 77.4 Å². The van der Waals surface area contributed by atoms with E-state index in [0.29, 0.717) is 5.92 Å². The molecule has 0 bridgehead atoms. The van der Waals surface area contributed by atoms with E-state index in [0.717, 1.165) is 12.8 Å². The maximum atomic E-state index is 2.36. The molecule has 0 N–H and O–H groups in total. The van der Waals surface area contributed by atoms with Crippen molar-refractivity contribution < 1.29 is 0 Å². The molecule has 0 amide bonds. The second-order valence-corrected chi connectivity index (χ2v) is 6.62. The Morgan fingerprint density at radius 2 is 1.74 bits per heavy atom. The van der Waals surface area contributed by atoms with Gasteiger partial charge in [0.1, 0.15) is 0 Å². The lowest BCUT2D eigenvalue weighted by Crippen LogP contribution is -1.93. The molecule has 0 aliphatic heterocycles. The zero-order valence-electron chi connectivity index (χ0n) is 14.5. The van der Waals surface area contributed by atoms with Gasteiger partial charge in [-0.15, -0.1) is 0 Å². The summed E-state index contributed by atoms with van der Waals surface area (Å²) in [6, 6.07) is 16.0. The SMILES string of the molecule is CCC(C)c1ccc(-c2ccc(C)c(C3=CC=CCC3)c2)cc1. The standard InChI is InChI=1S/C23H26/c1-4-17(2)19-12-14-20(15-13-19)22-11-10-18(3)23(16-22)21-8-6-5-7-9-21/h5-6,8,10-17H,4,7,9H2,1-3H3. The van der Waals surface area contributed by atoms with E-state index in [4.69, 9.17) is 0 Å². The van der Waals surface area contributed by atoms with Gasteiger partial charge in [0.2, 0.25) is 0 Å². The van der Waals surface area contributed by atoms with Crippen LogP contribution in [0, 0.1) is 6.92 Å². The van der Waals surface area contributed by atoms with E-state index in [1.54, 1.807) is 0 Å². The predicted octanol–water partition coefficient (Wildman–Crippen LogP) is 6.91. The van der Waals surface area contributed by atoms with E-state index in [1.807, 2.05) is 0 Å². The monoisotopic (exact) mass is 302 g/mol. The molecule has 1 unspecified atom stereocenters. The van der Waals surface area contributed by atoms with E-state index in [1.165, 1.54) is 39.8 Å². The Hall–Kier alpha value is -2.08. The van der Waals surface area contributed by atoms with Crippen molar-refractivity contribution in [3.8, 4) is 11.1 Å². The van der Waals surface area contributed by atoms with Gasteiger partial charge in [-0.3, -0.25) is 0 Å². The third-order valence-corrected chi connectivity index (χ3v) is 5.02. The minimum atomic E-state index is 0.636. The van der Waals surface area contributed by atoms with Crippen LogP contribution in [0.4, 0.5) is 0 Å². The Balaban J connectivity index is 1.94. The summed E-state index contributed by atoms with van der Waals surface area (Å²) in [6.07, 6.45) is 10.2. The lowest BCUT2D eigenvalue weighted by atomic mass is 9.90. The number of allylic oxidation sites excluding steroid dienone is 4. The number of hydrogen-bond acceptors (Lipinski definition) is 0. The minimum Gasteiger partial charge on any atom is -0.0842 e. The summed E-state index contributed by atoms with van der Waals surface area (Å²) in [5.41, 5.74) is 8.29.